The third-order valence-corrected chi connectivity index (χ3v) is 6.00. The summed E-state index contributed by atoms with van der Waals surface area (Å²) in [5.41, 5.74) is 0.103. The molecule has 7 heteroatoms. The Morgan fingerprint density at radius 3 is 2.56 bits per heavy atom. The number of likely N-dealkylation sites (N-methyl/N-ethyl adjacent to an activating group) is 2. The summed E-state index contributed by atoms with van der Waals surface area (Å²) in [4.78, 5) is 28.4. The molecule has 1 unspecified atom stereocenters. The van der Waals surface area contributed by atoms with Gasteiger partial charge in [-0.3, -0.25) is 9.59 Å². The fourth-order valence-electron chi connectivity index (χ4n) is 3.55. The van der Waals surface area contributed by atoms with E-state index in [1.165, 1.54) is 0 Å². The largest absolute Gasteiger partial charge is 0.322 e. The number of quaternary nitrogens is 1. The predicted molar refractivity (Wildman–Crippen MR) is 108 cm³/mol. The SMILES string of the molecule is CSc1ccccc1NC(=O)C[NH+](C)CC(=O)N(C)C1(C#N)CCCCC1. The number of nitriles is 1. The molecule has 1 aliphatic rings. The van der Waals surface area contributed by atoms with Crippen LogP contribution >= 0.6 is 11.8 Å². The summed E-state index contributed by atoms with van der Waals surface area (Å²) in [6.07, 6.45) is 6.51. The van der Waals surface area contributed by atoms with Crippen molar-refractivity contribution in [2.75, 3.05) is 38.8 Å². The van der Waals surface area contributed by atoms with Crippen LogP contribution in [0.2, 0.25) is 0 Å². The summed E-state index contributed by atoms with van der Waals surface area (Å²) in [5, 5.41) is 12.6. The van der Waals surface area contributed by atoms with Gasteiger partial charge >= 0.3 is 0 Å². The molecule has 6 nitrogen and oxygen atoms in total. The number of carbonyl (C=O) groups excluding carboxylic acids is 2. The Bertz CT molecular complexity index is 710. The van der Waals surface area contributed by atoms with Crippen molar-refractivity contribution in [3.8, 4) is 6.07 Å². The van der Waals surface area contributed by atoms with Gasteiger partial charge < -0.3 is 15.1 Å². The molecule has 1 aromatic carbocycles. The molecule has 0 aliphatic heterocycles. The van der Waals surface area contributed by atoms with Crippen LogP contribution in [0.5, 0.6) is 0 Å². The van der Waals surface area contributed by atoms with Crippen LogP contribution in [0.4, 0.5) is 5.69 Å². The van der Waals surface area contributed by atoms with E-state index in [1.54, 1.807) is 23.7 Å². The molecule has 0 spiro atoms. The van der Waals surface area contributed by atoms with Crippen molar-refractivity contribution in [2.45, 2.75) is 42.5 Å². The molecule has 0 aromatic heterocycles. The highest BCUT2D eigenvalue weighted by Gasteiger charge is 2.39. The first-order valence-corrected chi connectivity index (χ1v) is 10.6. The average molecular weight is 390 g/mol. The zero-order valence-electron chi connectivity index (χ0n) is 16.4. The van der Waals surface area contributed by atoms with E-state index in [0.29, 0.717) is 0 Å². The van der Waals surface area contributed by atoms with Gasteiger partial charge in [-0.2, -0.15) is 5.26 Å². The molecule has 1 aromatic rings. The Morgan fingerprint density at radius 1 is 1.26 bits per heavy atom. The Morgan fingerprint density at radius 2 is 1.93 bits per heavy atom. The number of para-hydroxylation sites is 1. The molecule has 0 bridgehead atoms. The van der Waals surface area contributed by atoms with Crippen molar-refractivity contribution in [2.24, 2.45) is 0 Å². The zero-order chi connectivity index (χ0) is 19.9. The van der Waals surface area contributed by atoms with Gasteiger partial charge in [-0.05, 0) is 31.2 Å². The predicted octanol–water partition coefficient (Wildman–Crippen LogP) is 1.55. The summed E-state index contributed by atoms with van der Waals surface area (Å²) in [7, 11) is 3.55. The number of amides is 2. The molecule has 0 radical (unpaired) electrons. The molecule has 2 rings (SSSR count). The number of rotatable bonds is 7. The third kappa shape index (κ3) is 5.47. The van der Waals surface area contributed by atoms with Crippen LogP contribution in [0.25, 0.3) is 0 Å². The number of carbonyl (C=O) groups is 2. The van der Waals surface area contributed by atoms with Crippen molar-refractivity contribution in [1.29, 1.82) is 5.26 Å². The van der Waals surface area contributed by atoms with Crippen LogP contribution in [-0.4, -0.2) is 55.7 Å². The third-order valence-electron chi connectivity index (χ3n) is 5.20. The van der Waals surface area contributed by atoms with Gasteiger partial charge in [-0.1, -0.05) is 31.4 Å². The Hall–Kier alpha value is -2.04. The summed E-state index contributed by atoms with van der Waals surface area (Å²) in [6.45, 7) is 0.388. The molecular weight excluding hydrogens is 360 g/mol. The normalized spacial score (nSPS) is 16.8. The fourth-order valence-corrected chi connectivity index (χ4v) is 4.11. The quantitative estimate of drug-likeness (QED) is 0.694. The number of thioether (sulfide) groups is 1. The average Bonchev–Trinajstić information content (AvgIpc) is 2.68. The Balaban J connectivity index is 1.90. The number of benzene rings is 1. The molecule has 2 N–H and O–H groups in total. The number of anilines is 1. The van der Waals surface area contributed by atoms with Crippen LogP contribution in [0, 0.1) is 11.3 Å². The van der Waals surface area contributed by atoms with Crippen LogP contribution < -0.4 is 10.2 Å². The minimum absolute atomic E-state index is 0.0896. The van der Waals surface area contributed by atoms with Crippen LogP contribution in [-0.2, 0) is 9.59 Å². The van der Waals surface area contributed by atoms with Crippen molar-refractivity contribution in [1.82, 2.24) is 4.90 Å². The Kier molecular flexibility index (Phi) is 7.69. The molecule has 27 heavy (non-hydrogen) atoms. The van der Waals surface area contributed by atoms with Gasteiger partial charge in [0.15, 0.2) is 13.1 Å². The maximum atomic E-state index is 12.7. The molecule has 1 fully saturated rings. The second kappa shape index (κ2) is 9.77. The lowest BCUT2D eigenvalue weighted by Gasteiger charge is -2.39. The van der Waals surface area contributed by atoms with E-state index >= 15 is 0 Å². The number of nitrogens with one attached hydrogen (secondary N) is 2. The van der Waals surface area contributed by atoms with E-state index < -0.39 is 5.54 Å². The summed E-state index contributed by atoms with van der Waals surface area (Å²) >= 11 is 1.58. The molecular formula is C20H29N4O2S+. The standard InChI is InChI=1S/C20H28N4O2S/c1-23(13-18(25)22-16-9-5-6-10-17(16)27-3)14-19(26)24(2)20(15-21)11-7-4-8-12-20/h5-6,9-10H,4,7-8,11-14H2,1-3H3,(H,22,25)/p+1. The molecule has 0 saturated heterocycles. The van der Waals surface area contributed by atoms with Crippen LogP contribution in [0.3, 0.4) is 0 Å². The Labute approximate surface area is 165 Å². The molecule has 0 heterocycles. The smallest absolute Gasteiger partial charge is 0.279 e. The lowest BCUT2D eigenvalue weighted by atomic mass is 9.81. The van der Waals surface area contributed by atoms with E-state index in [9.17, 15) is 14.9 Å². The lowest BCUT2D eigenvalue weighted by molar-refractivity contribution is -0.862. The van der Waals surface area contributed by atoms with E-state index in [-0.39, 0.29) is 24.9 Å². The van der Waals surface area contributed by atoms with Gasteiger partial charge in [0.1, 0.15) is 5.54 Å². The first-order valence-electron chi connectivity index (χ1n) is 9.34. The molecule has 1 atom stereocenters. The highest BCUT2D eigenvalue weighted by Crippen LogP contribution is 2.32. The van der Waals surface area contributed by atoms with Crippen LogP contribution in [0.15, 0.2) is 29.2 Å². The van der Waals surface area contributed by atoms with Gasteiger partial charge in [0.2, 0.25) is 0 Å². The van der Waals surface area contributed by atoms with E-state index in [4.69, 9.17) is 0 Å². The molecule has 1 aliphatic carbocycles. The number of hydrogen-bond donors (Lipinski definition) is 2. The second-order valence-electron chi connectivity index (χ2n) is 7.22. The van der Waals surface area contributed by atoms with Crippen molar-refractivity contribution < 1.29 is 14.5 Å². The lowest BCUT2D eigenvalue weighted by Crippen LogP contribution is -3.11. The van der Waals surface area contributed by atoms with E-state index in [0.717, 1.165) is 47.6 Å². The van der Waals surface area contributed by atoms with Gasteiger partial charge in [-0.15, -0.1) is 11.8 Å². The van der Waals surface area contributed by atoms with Gasteiger partial charge in [0.25, 0.3) is 11.8 Å². The summed E-state index contributed by atoms with van der Waals surface area (Å²) < 4.78 is 0. The van der Waals surface area contributed by atoms with E-state index in [2.05, 4.69) is 11.4 Å². The molecule has 146 valence electrons. The number of hydrogen-bond acceptors (Lipinski definition) is 4. The number of nitrogens with zero attached hydrogens (tertiary/aromatic N) is 2. The first kappa shape index (κ1) is 21.3. The summed E-state index contributed by atoms with van der Waals surface area (Å²) in [6, 6.07) is 10.0. The van der Waals surface area contributed by atoms with Crippen molar-refractivity contribution in [3.05, 3.63) is 24.3 Å². The van der Waals surface area contributed by atoms with Crippen LogP contribution in [0.1, 0.15) is 32.1 Å². The maximum Gasteiger partial charge on any atom is 0.279 e. The monoisotopic (exact) mass is 389 g/mol. The van der Waals surface area contributed by atoms with Crippen molar-refractivity contribution in [3.63, 3.8) is 0 Å². The highest BCUT2D eigenvalue weighted by molar-refractivity contribution is 7.98. The van der Waals surface area contributed by atoms with Gasteiger partial charge in [0, 0.05) is 11.9 Å². The minimum atomic E-state index is -0.685. The maximum absolute atomic E-state index is 12.7. The topological polar surface area (TPSA) is 77.6 Å². The molecule has 1 saturated carbocycles. The van der Waals surface area contributed by atoms with Gasteiger partial charge in [0.05, 0.1) is 18.8 Å². The fraction of sp³-hybridized carbons (Fsp3) is 0.550. The first-order chi connectivity index (χ1) is 12.9. The zero-order valence-corrected chi connectivity index (χ0v) is 17.2. The highest BCUT2D eigenvalue weighted by atomic mass is 32.2. The summed E-state index contributed by atoms with van der Waals surface area (Å²) in [5.74, 6) is -0.217. The second-order valence-corrected chi connectivity index (χ2v) is 8.06. The minimum Gasteiger partial charge on any atom is -0.322 e. The van der Waals surface area contributed by atoms with E-state index in [1.807, 2.05) is 37.6 Å². The van der Waals surface area contributed by atoms with Crippen molar-refractivity contribution >= 4 is 29.3 Å². The molecule has 2 amide bonds. The van der Waals surface area contributed by atoms with Gasteiger partial charge in [-0.25, -0.2) is 0 Å².